The summed E-state index contributed by atoms with van der Waals surface area (Å²) in [7, 11) is 1.61. The number of aromatic nitrogens is 3. The molecule has 0 radical (unpaired) electrons. The molecule has 1 heterocycles. The fraction of sp³-hybridized carbons (Fsp3) is 0.400. The number of carbonyl (C=O) groups is 1. The Morgan fingerprint density at radius 3 is 2.83 bits per heavy atom. The van der Waals surface area contributed by atoms with E-state index in [1.165, 1.54) is 17.3 Å². The number of nitrogens with zero attached hydrogens (tertiary/aromatic N) is 4. The van der Waals surface area contributed by atoms with Crippen molar-refractivity contribution in [3.63, 3.8) is 0 Å². The van der Waals surface area contributed by atoms with Gasteiger partial charge in [0.05, 0.1) is 6.04 Å². The van der Waals surface area contributed by atoms with Gasteiger partial charge in [0.2, 0.25) is 0 Å². The van der Waals surface area contributed by atoms with Gasteiger partial charge in [-0.1, -0.05) is 6.07 Å². The van der Waals surface area contributed by atoms with Gasteiger partial charge in [-0.2, -0.15) is 5.10 Å². The lowest BCUT2D eigenvalue weighted by atomic mass is 10.1. The first-order valence-corrected chi connectivity index (χ1v) is 7.27. The molecule has 8 heteroatoms. The molecular formula is C15H19F2N5O. The third-order valence-corrected chi connectivity index (χ3v) is 3.63. The van der Waals surface area contributed by atoms with Crippen molar-refractivity contribution < 1.29 is 13.6 Å². The van der Waals surface area contributed by atoms with Gasteiger partial charge in [0.15, 0.2) is 11.6 Å². The van der Waals surface area contributed by atoms with Crippen LogP contribution >= 0.6 is 0 Å². The van der Waals surface area contributed by atoms with E-state index in [9.17, 15) is 13.6 Å². The number of urea groups is 1. The zero-order chi connectivity index (χ0) is 16.8. The number of halogens is 2. The third kappa shape index (κ3) is 4.48. The minimum atomic E-state index is -0.920. The number of nitrogens with one attached hydrogen (secondary N) is 1. The highest BCUT2D eigenvalue weighted by Gasteiger charge is 2.18. The number of hydrogen-bond acceptors (Lipinski definition) is 3. The van der Waals surface area contributed by atoms with E-state index in [-0.39, 0.29) is 12.1 Å². The van der Waals surface area contributed by atoms with E-state index in [4.69, 9.17) is 0 Å². The highest BCUT2D eigenvalue weighted by Crippen LogP contribution is 2.20. The maximum atomic E-state index is 13.3. The molecule has 0 aliphatic carbocycles. The van der Waals surface area contributed by atoms with Gasteiger partial charge in [-0.05, 0) is 31.0 Å². The SMILES string of the molecule is CC(c1ccc(F)c(F)c1)N(C)C(=O)NCCCn1cncn1. The number of amides is 2. The number of carbonyl (C=O) groups excluding carboxylic acids is 1. The lowest BCUT2D eigenvalue weighted by Gasteiger charge is -2.25. The van der Waals surface area contributed by atoms with Crippen molar-refractivity contribution in [3.05, 3.63) is 48.1 Å². The van der Waals surface area contributed by atoms with Gasteiger partial charge in [-0.15, -0.1) is 0 Å². The Morgan fingerprint density at radius 1 is 1.39 bits per heavy atom. The molecule has 1 N–H and O–H groups in total. The van der Waals surface area contributed by atoms with Crippen molar-refractivity contribution in [2.24, 2.45) is 0 Å². The van der Waals surface area contributed by atoms with Gasteiger partial charge < -0.3 is 10.2 Å². The summed E-state index contributed by atoms with van der Waals surface area (Å²) >= 11 is 0. The van der Waals surface area contributed by atoms with Crippen molar-refractivity contribution in [1.29, 1.82) is 0 Å². The van der Waals surface area contributed by atoms with Gasteiger partial charge in [0, 0.05) is 20.1 Å². The molecule has 1 atom stereocenters. The normalized spacial score (nSPS) is 12.0. The van der Waals surface area contributed by atoms with Crippen molar-refractivity contribution >= 4 is 6.03 Å². The molecule has 1 unspecified atom stereocenters. The first-order chi connectivity index (χ1) is 11.0. The summed E-state index contributed by atoms with van der Waals surface area (Å²) in [6.45, 7) is 2.89. The number of rotatable bonds is 6. The summed E-state index contributed by atoms with van der Waals surface area (Å²) < 4.78 is 27.9. The van der Waals surface area contributed by atoms with Crippen LogP contribution in [0.5, 0.6) is 0 Å². The van der Waals surface area contributed by atoms with Gasteiger partial charge >= 0.3 is 6.03 Å². The zero-order valence-electron chi connectivity index (χ0n) is 13.0. The predicted octanol–water partition coefficient (Wildman–Crippen LogP) is 2.35. The number of hydrogen-bond donors (Lipinski definition) is 1. The minimum absolute atomic E-state index is 0.277. The number of aryl methyl sites for hydroxylation is 1. The van der Waals surface area contributed by atoms with Gasteiger partial charge in [0.25, 0.3) is 0 Å². The first kappa shape index (κ1) is 16.9. The van der Waals surface area contributed by atoms with Crippen LogP contribution in [0, 0.1) is 11.6 Å². The quantitative estimate of drug-likeness (QED) is 0.830. The van der Waals surface area contributed by atoms with E-state index in [1.807, 2.05) is 0 Å². The topological polar surface area (TPSA) is 63.1 Å². The van der Waals surface area contributed by atoms with Crippen molar-refractivity contribution in [1.82, 2.24) is 25.0 Å². The predicted molar refractivity (Wildman–Crippen MR) is 80.6 cm³/mol. The van der Waals surface area contributed by atoms with E-state index in [1.54, 1.807) is 25.0 Å². The van der Waals surface area contributed by atoms with E-state index in [0.717, 1.165) is 12.1 Å². The van der Waals surface area contributed by atoms with Crippen LogP contribution in [0.25, 0.3) is 0 Å². The fourth-order valence-electron chi connectivity index (χ4n) is 2.08. The van der Waals surface area contributed by atoms with Crippen LogP contribution in [0.3, 0.4) is 0 Å². The van der Waals surface area contributed by atoms with Gasteiger partial charge in [0.1, 0.15) is 12.7 Å². The average molecular weight is 323 g/mol. The smallest absolute Gasteiger partial charge is 0.317 e. The molecule has 2 amide bonds. The molecule has 0 saturated heterocycles. The third-order valence-electron chi connectivity index (χ3n) is 3.63. The summed E-state index contributed by atoms with van der Waals surface area (Å²) in [5.74, 6) is -1.82. The minimum Gasteiger partial charge on any atom is -0.338 e. The van der Waals surface area contributed by atoms with Crippen molar-refractivity contribution in [2.75, 3.05) is 13.6 Å². The Hall–Kier alpha value is -2.51. The van der Waals surface area contributed by atoms with Gasteiger partial charge in [-0.3, -0.25) is 4.68 Å². The second-order valence-corrected chi connectivity index (χ2v) is 5.20. The first-order valence-electron chi connectivity index (χ1n) is 7.27. The highest BCUT2D eigenvalue weighted by molar-refractivity contribution is 5.74. The number of benzene rings is 1. The molecule has 1 aromatic heterocycles. The van der Waals surface area contributed by atoms with E-state index in [0.29, 0.717) is 25.1 Å². The summed E-state index contributed by atoms with van der Waals surface area (Å²) in [6, 6.07) is 2.98. The Morgan fingerprint density at radius 2 is 2.17 bits per heavy atom. The molecule has 2 aromatic rings. The zero-order valence-corrected chi connectivity index (χ0v) is 13.0. The molecule has 0 fully saturated rings. The standard InChI is InChI=1S/C15H19F2N5O/c1-11(12-4-5-13(16)14(17)8-12)21(2)15(23)19-6-3-7-22-10-18-9-20-22/h4-5,8-11H,3,6-7H2,1-2H3,(H,19,23). The maximum absolute atomic E-state index is 13.3. The average Bonchev–Trinajstić information content (AvgIpc) is 3.06. The lowest BCUT2D eigenvalue weighted by Crippen LogP contribution is -2.39. The monoisotopic (exact) mass is 323 g/mol. The molecule has 0 spiro atoms. The van der Waals surface area contributed by atoms with Crippen molar-refractivity contribution in [3.8, 4) is 0 Å². The summed E-state index contributed by atoms with van der Waals surface area (Å²) in [6.07, 6.45) is 3.78. The van der Waals surface area contributed by atoms with Crippen LogP contribution < -0.4 is 5.32 Å². The maximum Gasteiger partial charge on any atom is 0.317 e. The molecular weight excluding hydrogens is 304 g/mol. The van der Waals surface area contributed by atoms with E-state index >= 15 is 0 Å². The second-order valence-electron chi connectivity index (χ2n) is 5.20. The van der Waals surface area contributed by atoms with Crippen LogP contribution in [0.15, 0.2) is 30.9 Å². The van der Waals surface area contributed by atoms with E-state index < -0.39 is 11.6 Å². The van der Waals surface area contributed by atoms with Crippen molar-refractivity contribution in [2.45, 2.75) is 25.9 Å². The summed E-state index contributed by atoms with van der Waals surface area (Å²) in [4.78, 5) is 17.4. The second kappa shape index (κ2) is 7.66. The molecule has 0 saturated carbocycles. The summed E-state index contributed by atoms with van der Waals surface area (Å²) in [5, 5.41) is 6.75. The van der Waals surface area contributed by atoms with Crippen LogP contribution in [-0.2, 0) is 6.54 Å². The molecule has 2 rings (SSSR count). The van der Waals surface area contributed by atoms with Crippen LogP contribution in [0.4, 0.5) is 13.6 Å². The Labute approximate surface area is 133 Å². The lowest BCUT2D eigenvalue weighted by molar-refractivity contribution is 0.194. The van der Waals surface area contributed by atoms with Gasteiger partial charge in [-0.25, -0.2) is 18.6 Å². The molecule has 124 valence electrons. The largest absolute Gasteiger partial charge is 0.338 e. The molecule has 6 nitrogen and oxygen atoms in total. The molecule has 0 bridgehead atoms. The Kier molecular flexibility index (Phi) is 5.61. The molecule has 23 heavy (non-hydrogen) atoms. The van der Waals surface area contributed by atoms with Crippen LogP contribution in [0.1, 0.15) is 24.9 Å². The Bertz CT molecular complexity index is 647. The van der Waals surface area contributed by atoms with Crippen LogP contribution in [0.2, 0.25) is 0 Å². The fourth-order valence-corrected chi connectivity index (χ4v) is 2.08. The summed E-state index contributed by atoms with van der Waals surface area (Å²) in [5.41, 5.74) is 0.532. The Balaban J connectivity index is 1.82. The molecule has 0 aliphatic heterocycles. The highest BCUT2D eigenvalue weighted by atomic mass is 19.2. The molecule has 1 aromatic carbocycles. The molecule has 0 aliphatic rings. The van der Waals surface area contributed by atoms with E-state index in [2.05, 4.69) is 15.4 Å². The van der Waals surface area contributed by atoms with Crippen LogP contribution in [-0.4, -0.2) is 39.3 Å².